The third-order valence-corrected chi connectivity index (χ3v) is 4.09. The lowest BCUT2D eigenvalue weighted by atomic mass is 10.1. The third-order valence-electron chi connectivity index (χ3n) is 4.09. The minimum atomic E-state index is -1.27. The number of nitrogens with one attached hydrogen (secondary N) is 1. The van der Waals surface area contributed by atoms with Crippen LogP contribution >= 0.6 is 0 Å². The molecule has 0 spiro atoms. The summed E-state index contributed by atoms with van der Waals surface area (Å²) in [5.41, 5.74) is -1.07. The summed E-state index contributed by atoms with van der Waals surface area (Å²) in [4.78, 5) is 24.4. The fourth-order valence-electron chi connectivity index (χ4n) is 2.73. The number of amides is 1. The van der Waals surface area contributed by atoms with Gasteiger partial charge in [-0.15, -0.1) is 0 Å². The van der Waals surface area contributed by atoms with Crippen LogP contribution in [0.1, 0.15) is 26.4 Å². The van der Waals surface area contributed by atoms with E-state index in [4.69, 9.17) is 0 Å². The Morgan fingerprint density at radius 2 is 1.79 bits per heavy atom. The number of benzene rings is 2. The number of ketones is 1. The summed E-state index contributed by atoms with van der Waals surface area (Å²) in [5.74, 6) is -5.17. The largest absolute Gasteiger partial charge is 0.377 e. The number of hydrogen-bond donors (Lipinski definition) is 1. The Kier molecular flexibility index (Phi) is 6.08. The SMILES string of the molecule is COCC(=O)c1ccc(F)c(NC(=O)c2c(F)cnn2Cc2ccccc2)c1F. The minimum absolute atomic E-state index is 0.0742. The fourth-order valence-corrected chi connectivity index (χ4v) is 2.73. The van der Waals surface area contributed by atoms with E-state index < -0.39 is 52.7 Å². The van der Waals surface area contributed by atoms with E-state index in [9.17, 15) is 22.8 Å². The lowest BCUT2D eigenvalue weighted by Crippen LogP contribution is -2.22. The monoisotopic (exact) mass is 403 g/mol. The number of carbonyl (C=O) groups is 2. The first-order chi connectivity index (χ1) is 13.9. The van der Waals surface area contributed by atoms with Gasteiger partial charge in [0.1, 0.15) is 18.1 Å². The predicted molar refractivity (Wildman–Crippen MR) is 98.2 cm³/mol. The Labute approximate surface area is 163 Å². The zero-order valence-electron chi connectivity index (χ0n) is 15.3. The van der Waals surface area contributed by atoms with Crippen LogP contribution in [0, 0.1) is 17.5 Å². The van der Waals surface area contributed by atoms with Crippen LogP contribution in [0.15, 0.2) is 48.7 Å². The van der Waals surface area contributed by atoms with E-state index >= 15 is 0 Å². The maximum atomic E-state index is 14.6. The maximum absolute atomic E-state index is 14.6. The first-order valence-electron chi connectivity index (χ1n) is 8.49. The van der Waals surface area contributed by atoms with Crippen LogP contribution in [0.2, 0.25) is 0 Å². The number of methoxy groups -OCH3 is 1. The van der Waals surface area contributed by atoms with Crippen molar-refractivity contribution in [2.45, 2.75) is 6.54 Å². The number of ether oxygens (including phenoxy) is 1. The molecule has 150 valence electrons. The van der Waals surface area contributed by atoms with Gasteiger partial charge in [-0.25, -0.2) is 13.2 Å². The summed E-state index contributed by atoms with van der Waals surface area (Å²) in [6, 6.07) is 10.6. The van der Waals surface area contributed by atoms with Crippen molar-refractivity contribution >= 4 is 17.4 Å². The van der Waals surface area contributed by atoms with Crippen molar-refractivity contribution < 1.29 is 27.5 Å². The summed E-state index contributed by atoms with van der Waals surface area (Å²) >= 11 is 0. The van der Waals surface area contributed by atoms with Crippen LogP contribution in [0.5, 0.6) is 0 Å². The van der Waals surface area contributed by atoms with E-state index in [-0.39, 0.29) is 6.54 Å². The molecule has 0 radical (unpaired) electrons. The smallest absolute Gasteiger partial charge is 0.277 e. The first-order valence-corrected chi connectivity index (χ1v) is 8.49. The van der Waals surface area contributed by atoms with Gasteiger partial charge in [-0.3, -0.25) is 14.3 Å². The molecule has 1 amide bonds. The highest BCUT2D eigenvalue weighted by molar-refractivity contribution is 6.05. The van der Waals surface area contributed by atoms with E-state index in [1.165, 1.54) is 7.11 Å². The van der Waals surface area contributed by atoms with Crippen molar-refractivity contribution in [1.82, 2.24) is 9.78 Å². The third kappa shape index (κ3) is 4.35. The lowest BCUT2D eigenvalue weighted by Gasteiger charge is -2.12. The van der Waals surface area contributed by atoms with Crippen molar-refractivity contribution in [1.29, 1.82) is 0 Å². The molecule has 0 aliphatic heterocycles. The summed E-state index contributed by atoms with van der Waals surface area (Å²) < 4.78 is 48.6. The molecule has 0 aliphatic rings. The number of Topliss-reactive ketones (excluding diaryl/α,β-unsaturated/α-hetero) is 1. The highest BCUT2D eigenvalue weighted by Gasteiger charge is 2.24. The number of nitrogens with zero attached hydrogens (tertiary/aromatic N) is 2. The Balaban J connectivity index is 1.91. The molecule has 1 heterocycles. The second-order valence-electron chi connectivity index (χ2n) is 6.08. The van der Waals surface area contributed by atoms with Crippen LogP contribution in [-0.2, 0) is 11.3 Å². The van der Waals surface area contributed by atoms with E-state index in [2.05, 4.69) is 9.84 Å². The lowest BCUT2D eigenvalue weighted by molar-refractivity contribution is 0.0843. The van der Waals surface area contributed by atoms with Gasteiger partial charge < -0.3 is 10.1 Å². The molecule has 29 heavy (non-hydrogen) atoms. The number of rotatable bonds is 7. The molecule has 3 rings (SSSR count). The molecule has 0 unspecified atom stereocenters. The average molecular weight is 403 g/mol. The Bertz CT molecular complexity index is 1050. The molecule has 9 heteroatoms. The molecular formula is C20H16F3N3O3. The second-order valence-corrected chi connectivity index (χ2v) is 6.08. The van der Waals surface area contributed by atoms with Gasteiger partial charge in [0.05, 0.1) is 18.3 Å². The zero-order valence-corrected chi connectivity index (χ0v) is 15.3. The summed E-state index contributed by atoms with van der Waals surface area (Å²) in [6.07, 6.45) is 0.836. The van der Waals surface area contributed by atoms with Gasteiger partial charge in [-0.05, 0) is 17.7 Å². The Morgan fingerprint density at radius 3 is 2.48 bits per heavy atom. The van der Waals surface area contributed by atoms with E-state index in [0.29, 0.717) is 0 Å². The fraction of sp³-hybridized carbons (Fsp3) is 0.150. The van der Waals surface area contributed by atoms with Gasteiger partial charge in [-0.1, -0.05) is 30.3 Å². The molecule has 0 aliphatic carbocycles. The molecule has 1 N–H and O–H groups in total. The molecular weight excluding hydrogens is 387 g/mol. The number of halogens is 3. The molecule has 6 nitrogen and oxygen atoms in total. The summed E-state index contributed by atoms with van der Waals surface area (Å²) in [6.45, 7) is -0.348. The van der Waals surface area contributed by atoms with E-state index in [1.54, 1.807) is 30.3 Å². The van der Waals surface area contributed by atoms with Crippen LogP contribution < -0.4 is 5.32 Å². The van der Waals surface area contributed by atoms with Crippen LogP contribution in [0.25, 0.3) is 0 Å². The summed E-state index contributed by atoms with van der Waals surface area (Å²) in [7, 11) is 1.25. The molecule has 2 aromatic carbocycles. The number of anilines is 1. The molecule has 0 fully saturated rings. The predicted octanol–water partition coefficient (Wildman–Crippen LogP) is 3.43. The number of hydrogen-bond acceptors (Lipinski definition) is 4. The van der Waals surface area contributed by atoms with E-state index in [1.807, 2.05) is 5.32 Å². The average Bonchev–Trinajstić information content (AvgIpc) is 3.06. The summed E-state index contributed by atoms with van der Waals surface area (Å²) in [5, 5.41) is 5.81. The molecule has 3 aromatic rings. The van der Waals surface area contributed by atoms with Crippen LogP contribution in [0.4, 0.5) is 18.9 Å². The van der Waals surface area contributed by atoms with Gasteiger partial charge >= 0.3 is 0 Å². The topological polar surface area (TPSA) is 73.2 Å². The maximum Gasteiger partial charge on any atom is 0.277 e. The molecule has 0 atom stereocenters. The quantitative estimate of drug-likeness (QED) is 0.614. The Morgan fingerprint density at radius 1 is 1.07 bits per heavy atom. The van der Waals surface area contributed by atoms with Crippen molar-refractivity contribution in [3.8, 4) is 0 Å². The molecule has 1 aromatic heterocycles. The van der Waals surface area contributed by atoms with Crippen molar-refractivity contribution in [2.24, 2.45) is 0 Å². The number of carbonyl (C=O) groups excluding carboxylic acids is 2. The van der Waals surface area contributed by atoms with Crippen molar-refractivity contribution in [3.05, 3.63) is 82.9 Å². The molecule has 0 saturated heterocycles. The standard InChI is InChI=1S/C20H16F3N3O3/c1-29-11-16(27)13-7-8-14(21)18(17(13)23)25-20(28)19-15(22)9-24-26(19)10-12-5-3-2-4-6-12/h2-9H,10-11H2,1H3,(H,25,28). The van der Waals surface area contributed by atoms with Crippen LogP contribution in [0.3, 0.4) is 0 Å². The van der Waals surface area contributed by atoms with Gasteiger partial charge in [0.25, 0.3) is 5.91 Å². The number of aromatic nitrogens is 2. The van der Waals surface area contributed by atoms with Gasteiger partial charge in [0.2, 0.25) is 0 Å². The second kappa shape index (κ2) is 8.70. The minimum Gasteiger partial charge on any atom is -0.377 e. The van der Waals surface area contributed by atoms with Crippen molar-refractivity contribution in [2.75, 3.05) is 19.0 Å². The normalized spacial score (nSPS) is 10.8. The van der Waals surface area contributed by atoms with E-state index in [0.717, 1.165) is 28.6 Å². The van der Waals surface area contributed by atoms with Crippen molar-refractivity contribution in [3.63, 3.8) is 0 Å². The zero-order chi connectivity index (χ0) is 21.0. The van der Waals surface area contributed by atoms with Gasteiger partial charge in [-0.2, -0.15) is 5.10 Å². The van der Waals surface area contributed by atoms with Gasteiger partial charge in [0, 0.05) is 7.11 Å². The Hall–Kier alpha value is -3.46. The molecule has 0 saturated carbocycles. The highest BCUT2D eigenvalue weighted by atomic mass is 19.1. The van der Waals surface area contributed by atoms with Gasteiger partial charge in [0.15, 0.2) is 23.1 Å². The molecule has 0 bridgehead atoms. The first kappa shape index (κ1) is 20.3. The highest BCUT2D eigenvalue weighted by Crippen LogP contribution is 2.24. The van der Waals surface area contributed by atoms with Crippen LogP contribution in [-0.4, -0.2) is 35.2 Å².